The van der Waals surface area contributed by atoms with Gasteiger partial charge >= 0.3 is 0 Å². The first-order chi connectivity index (χ1) is 4.23. The molecule has 1 aromatic rings. The van der Waals surface area contributed by atoms with Crippen LogP contribution < -0.4 is 0 Å². The van der Waals surface area contributed by atoms with E-state index in [2.05, 4.69) is 9.59 Å². The van der Waals surface area contributed by atoms with Gasteiger partial charge in [-0.1, -0.05) is 4.49 Å². The molecule has 0 saturated heterocycles. The summed E-state index contributed by atoms with van der Waals surface area (Å²) >= 11 is 1.35. The number of rotatable bonds is 0. The van der Waals surface area contributed by atoms with Gasteiger partial charge in [0.1, 0.15) is 5.78 Å². The average Bonchev–Trinajstić information content (AvgIpc) is 2.11. The Balaban J connectivity index is 0.000000148. The predicted octanol–water partition coefficient (Wildman–Crippen LogP) is 1.13. The second-order valence-corrected chi connectivity index (χ2v) is 2.14. The largest absolute Gasteiger partial charge is 0.300 e. The van der Waals surface area contributed by atoms with Gasteiger partial charge in [0.2, 0.25) is 0 Å². The number of hydrogen-bond acceptors (Lipinski definition) is 4. The fourth-order valence-electron chi connectivity index (χ4n) is 0.136. The van der Waals surface area contributed by atoms with Crippen LogP contribution in [0, 0.1) is 0 Å². The van der Waals surface area contributed by atoms with Crippen LogP contribution in [-0.2, 0) is 4.79 Å². The van der Waals surface area contributed by atoms with E-state index in [1.165, 1.54) is 25.4 Å². The van der Waals surface area contributed by atoms with E-state index in [0.717, 1.165) is 0 Å². The molecule has 0 unspecified atom stereocenters. The molecule has 0 N–H and O–H groups in total. The van der Waals surface area contributed by atoms with Crippen molar-refractivity contribution in [3.63, 3.8) is 0 Å². The van der Waals surface area contributed by atoms with Crippen molar-refractivity contribution in [2.24, 2.45) is 0 Å². The van der Waals surface area contributed by atoms with Crippen LogP contribution in [-0.4, -0.2) is 15.4 Å². The molecule has 1 heterocycles. The third-order valence-electron chi connectivity index (χ3n) is 0.283. The summed E-state index contributed by atoms with van der Waals surface area (Å²) in [5, 5.41) is 5.31. The Morgan fingerprint density at radius 2 is 2.11 bits per heavy atom. The second-order valence-electron chi connectivity index (χ2n) is 1.50. The number of aromatic nitrogens is 2. The Hall–Kier alpha value is -0.770. The highest BCUT2D eigenvalue weighted by Crippen LogP contribution is 1.78. The molecular weight excluding hydrogens is 136 g/mol. The second kappa shape index (κ2) is 5.37. The Morgan fingerprint density at radius 3 is 2.22 bits per heavy atom. The summed E-state index contributed by atoms with van der Waals surface area (Å²) in [7, 11) is 0. The number of carbonyl (C=O) groups excluding carboxylic acids is 1. The Labute approximate surface area is 57.9 Å². The van der Waals surface area contributed by atoms with Crippen molar-refractivity contribution >= 4 is 17.3 Å². The van der Waals surface area contributed by atoms with Crippen LogP contribution in [0.15, 0.2) is 11.6 Å². The van der Waals surface area contributed by atoms with E-state index in [-0.39, 0.29) is 5.78 Å². The van der Waals surface area contributed by atoms with Gasteiger partial charge in [-0.05, 0) is 25.4 Å². The molecule has 0 bridgehead atoms. The average molecular weight is 144 g/mol. The van der Waals surface area contributed by atoms with Crippen LogP contribution in [0.2, 0.25) is 0 Å². The number of nitrogens with zero attached hydrogens (tertiary/aromatic N) is 2. The van der Waals surface area contributed by atoms with Crippen molar-refractivity contribution in [3.8, 4) is 0 Å². The van der Waals surface area contributed by atoms with Crippen LogP contribution in [0.3, 0.4) is 0 Å². The van der Waals surface area contributed by atoms with Gasteiger partial charge in [-0.2, -0.15) is 0 Å². The van der Waals surface area contributed by atoms with E-state index in [0.29, 0.717) is 0 Å². The number of ketones is 1. The fourth-order valence-corrected chi connectivity index (χ4v) is 0.408. The summed E-state index contributed by atoms with van der Waals surface area (Å²) in [6, 6.07) is 0. The molecule has 50 valence electrons. The van der Waals surface area contributed by atoms with Gasteiger partial charge in [0.15, 0.2) is 0 Å². The smallest absolute Gasteiger partial charge is 0.126 e. The molecule has 0 fully saturated rings. The van der Waals surface area contributed by atoms with Crippen molar-refractivity contribution in [1.29, 1.82) is 0 Å². The van der Waals surface area contributed by atoms with Crippen molar-refractivity contribution < 1.29 is 4.79 Å². The lowest BCUT2D eigenvalue weighted by Gasteiger charge is -1.56. The molecule has 0 atom stereocenters. The Morgan fingerprint density at radius 1 is 1.56 bits per heavy atom. The minimum atomic E-state index is 0.167. The van der Waals surface area contributed by atoms with Crippen LogP contribution in [0.25, 0.3) is 0 Å². The molecule has 0 aliphatic carbocycles. The van der Waals surface area contributed by atoms with Crippen LogP contribution in [0.4, 0.5) is 0 Å². The molecule has 0 spiro atoms. The monoisotopic (exact) mass is 144 g/mol. The summed E-state index contributed by atoms with van der Waals surface area (Å²) in [5.74, 6) is 0.167. The van der Waals surface area contributed by atoms with Crippen LogP contribution in [0.5, 0.6) is 0 Å². The predicted molar refractivity (Wildman–Crippen MR) is 36.3 cm³/mol. The van der Waals surface area contributed by atoms with Crippen LogP contribution >= 0.6 is 11.5 Å². The summed E-state index contributed by atoms with van der Waals surface area (Å²) in [6.45, 7) is 3.06. The van der Waals surface area contributed by atoms with Gasteiger partial charge in [-0.15, -0.1) is 5.10 Å². The molecule has 0 radical (unpaired) electrons. The van der Waals surface area contributed by atoms with Gasteiger partial charge in [0.05, 0.1) is 6.20 Å². The Bertz CT molecular complexity index is 129. The molecule has 3 nitrogen and oxygen atoms in total. The molecule has 1 aromatic heterocycles. The summed E-state index contributed by atoms with van der Waals surface area (Å²) in [5.41, 5.74) is 0. The van der Waals surface area contributed by atoms with Crippen LogP contribution in [0.1, 0.15) is 13.8 Å². The first kappa shape index (κ1) is 8.23. The lowest BCUT2D eigenvalue weighted by Crippen LogP contribution is -1.69. The van der Waals surface area contributed by atoms with Gasteiger partial charge in [-0.25, -0.2) is 0 Å². The minimum Gasteiger partial charge on any atom is -0.300 e. The van der Waals surface area contributed by atoms with E-state index in [1.54, 1.807) is 6.20 Å². The third kappa shape index (κ3) is 11.1. The van der Waals surface area contributed by atoms with E-state index in [9.17, 15) is 4.79 Å². The van der Waals surface area contributed by atoms with Gasteiger partial charge in [0.25, 0.3) is 0 Å². The number of carbonyl (C=O) groups is 1. The number of hydrogen-bond donors (Lipinski definition) is 0. The molecule has 1 rings (SSSR count). The highest BCUT2D eigenvalue weighted by Gasteiger charge is 1.62. The third-order valence-corrected chi connectivity index (χ3v) is 0.715. The maximum absolute atomic E-state index is 9.44. The molecule has 9 heavy (non-hydrogen) atoms. The Kier molecular flexibility index (Phi) is 4.91. The first-order valence-corrected chi connectivity index (χ1v) is 3.25. The van der Waals surface area contributed by atoms with E-state index < -0.39 is 0 Å². The topological polar surface area (TPSA) is 42.9 Å². The normalized spacial score (nSPS) is 7.33. The highest BCUT2D eigenvalue weighted by molar-refractivity contribution is 7.03. The van der Waals surface area contributed by atoms with Gasteiger partial charge in [-0.3, -0.25) is 0 Å². The zero-order chi connectivity index (χ0) is 7.11. The SMILES string of the molecule is CC(C)=O.c1csnn1. The highest BCUT2D eigenvalue weighted by atomic mass is 32.1. The fraction of sp³-hybridized carbons (Fsp3) is 0.400. The van der Waals surface area contributed by atoms with Crippen molar-refractivity contribution in [1.82, 2.24) is 9.59 Å². The zero-order valence-electron chi connectivity index (χ0n) is 5.37. The van der Waals surface area contributed by atoms with Gasteiger partial charge < -0.3 is 4.79 Å². The van der Waals surface area contributed by atoms with E-state index in [1.807, 2.05) is 5.38 Å². The van der Waals surface area contributed by atoms with Crippen molar-refractivity contribution in [3.05, 3.63) is 11.6 Å². The molecule has 0 amide bonds. The lowest BCUT2D eigenvalue weighted by atomic mass is 10.6. The zero-order valence-corrected chi connectivity index (χ0v) is 6.18. The molecule has 4 heteroatoms. The van der Waals surface area contributed by atoms with Gasteiger partial charge in [0, 0.05) is 5.38 Å². The minimum absolute atomic E-state index is 0.167. The summed E-state index contributed by atoms with van der Waals surface area (Å²) in [6.07, 6.45) is 1.66. The number of Topliss-reactive ketones (excluding diaryl/α,β-unsaturated/α-hetero) is 1. The van der Waals surface area contributed by atoms with Crippen molar-refractivity contribution in [2.45, 2.75) is 13.8 Å². The molecular formula is C5H8N2OS. The van der Waals surface area contributed by atoms with E-state index in [4.69, 9.17) is 0 Å². The van der Waals surface area contributed by atoms with Crippen molar-refractivity contribution in [2.75, 3.05) is 0 Å². The quantitative estimate of drug-likeness (QED) is 0.548. The first-order valence-electron chi connectivity index (χ1n) is 2.41. The van der Waals surface area contributed by atoms with E-state index >= 15 is 0 Å². The molecule has 0 aromatic carbocycles. The molecule has 0 saturated carbocycles. The summed E-state index contributed by atoms with van der Waals surface area (Å²) in [4.78, 5) is 9.44. The standard InChI is InChI=1S/C3H6O.C2H2N2S/c1-3(2)4;1-2-5-4-3-1/h1-2H3;1-2H. The maximum Gasteiger partial charge on any atom is 0.126 e. The molecule has 0 aliphatic rings. The lowest BCUT2D eigenvalue weighted by molar-refractivity contribution is -0.114. The molecule has 0 aliphatic heterocycles. The summed E-state index contributed by atoms with van der Waals surface area (Å²) < 4.78 is 3.51. The maximum atomic E-state index is 9.44.